The third kappa shape index (κ3) is 3.37. The molecule has 2 rings (SSSR count). The molecule has 9 heteroatoms. The van der Waals surface area contributed by atoms with Crippen molar-refractivity contribution in [3.05, 3.63) is 28.3 Å². The smallest absolute Gasteiger partial charge is 0.389 e. The molecule has 0 atom stereocenters. The molecule has 6 nitrogen and oxygen atoms in total. The fourth-order valence-electron chi connectivity index (χ4n) is 1.64. The number of nitro benzene ring substituents is 1. The number of nitrogens with one attached hydrogen (secondary N) is 1. The van der Waals surface area contributed by atoms with Gasteiger partial charge in [0.2, 0.25) is 0 Å². The lowest BCUT2D eigenvalue weighted by atomic mass is 10.3. The Morgan fingerprint density at radius 2 is 2.15 bits per heavy atom. The third-order valence-corrected chi connectivity index (χ3v) is 2.51. The molecule has 0 saturated carbocycles. The zero-order chi connectivity index (χ0) is 14.8. The molecule has 0 aliphatic rings. The number of nitrogens with zero attached hydrogens (tertiary/aromatic N) is 2. The van der Waals surface area contributed by atoms with Crippen molar-refractivity contribution in [2.24, 2.45) is 0 Å². The second kappa shape index (κ2) is 5.35. The molecule has 0 bridgehead atoms. The van der Waals surface area contributed by atoms with Crippen LogP contribution in [-0.2, 0) is 0 Å². The lowest BCUT2D eigenvalue weighted by molar-refractivity contribution is -0.383. The van der Waals surface area contributed by atoms with E-state index in [1.54, 1.807) is 0 Å². The molecular formula is C11H10F3N3O3. The lowest BCUT2D eigenvalue weighted by Crippen LogP contribution is -2.10. The fraction of sp³-hybridized carbons (Fsp3) is 0.364. The molecule has 1 aromatic heterocycles. The summed E-state index contributed by atoms with van der Waals surface area (Å²) < 4.78 is 41.0. The van der Waals surface area contributed by atoms with E-state index in [1.165, 1.54) is 18.2 Å². The van der Waals surface area contributed by atoms with E-state index in [2.05, 4.69) is 10.3 Å². The standard InChI is InChI=1S/C11H10F3N3O3/c12-11(13,14)5-2-6-15-10-16-9-7(17(18)19)3-1-4-8(9)20-10/h1,3-4H,2,5-6H2,(H,15,16). The SMILES string of the molecule is O=[N+]([O-])c1cccc2oc(NCCCC(F)(F)F)nc12. The van der Waals surface area contributed by atoms with E-state index >= 15 is 0 Å². The molecule has 20 heavy (non-hydrogen) atoms. The molecule has 0 fully saturated rings. The number of hydrogen-bond donors (Lipinski definition) is 1. The highest BCUT2D eigenvalue weighted by Crippen LogP contribution is 2.27. The number of anilines is 1. The van der Waals surface area contributed by atoms with Gasteiger partial charge in [0.1, 0.15) is 0 Å². The predicted octanol–water partition coefficient (Wildman–Crippen LogP) is 3.49. The van der Waals surface area contributed by atoms with Gasteiger partial charge in [-0.05, 0) is 12.5 Å². The van der Waals surface area contributed by atoms with Crippen LogP contribution in [0.5, 0.6) is 0 Å². The van der Waals surface area contributed by atoms with Gasteiger partial charge in [-0.2, -0.15) is 18.2 Å². The number of rotatable bonds is 5. The van der Waals surface area contributed by atoms with Gasteiger partial charge in [-0.1, -0.05) is 6.07 Å². The van der Waals surface area contributed by atoms with Gasteiger partial charge in [0.25, 0.3) is 11.7 Å². The molecule has 0 saturated heterocycles. The van der Waals surface area contributed by atoms with E-state index in [0.717, 1.165) is 0 Å². The largest absolute Gasteiger partial charge is 0.423 e. The molecule has 0 aliphatic carbocycles. The third-order valence-electron chi connectivity index (χ3n) is 2.51. The summed E-state index contributed by atoms with van der Waals surface area (Å²) >= 11 is 0. The summed E-state index contributed by atoms with van der Waals surface area (Å²) in [4.78, 5) is 14.0. The summed E-state index contributed by atoms with van der Waals surface area (Å²) in [5.41, 5.74) is 0.0583. The molecule has 2 aromatic rings. The molecule has 1 N–H and O–H groups in total. The lowest BCUT2D eigenvalue weighted by Gasteiger charge is -2.05. The van der Waals surface area contributed by atoms with Crippen LogP contribution >= 0.6 is 0 Å². The minimum absolute atomic E-state index is 0.0140. The van der Waals surface area contributed by atoms with Crippen molar-refractivity contribution >= 4 is 22.8 Å². The first kappa shape index (κ1) is 14.1. The Bertz CT molecular complexity index is 624. The number of hydrogen-bond acceptors (Lipinski definition) is 5. The van der Waals surface area contributed by atoms with Crippen molar-refractivity contribution in [1.29, 1.82) is 0 Å². The van der Waals surface area contributed by atoms with Crippen LogP contribution in [0.1, 0.15) is 12.8 Å². The number of benzene rings is 1. The zero-order valence-corrected chi connectivity index (χ0v) is 10.1. The van der Waals surface area contributed by atoms with Crippen molar-refractivity contribution in [3.63, 3.8) is 0 Å². The van der Waals surface area contributed by atoms with Gasteiger partial charge in [0, 0.05) is 19.0 Å². The van der Waals surface area contributed by atoms with Crippen LogP contribution in [0.4, 0.5) is 24.9 Å². The van der Waals surface area contributed by atoms with Gasteiger partial charge in [-0.15, -0.1) is 0 Å². The van der Waals surface area contributed by atoms with Crippen LogP contribution < -0.4 is 5.32 Å². The van der Waals surface area contributed by atoms with Gasteiger partial charge in [0.15, 0.2) is 11.1 Å². The first-order valence-corrected chi connectivity index (χ1v) is 5.71. The Kier molecular flexibility index (Phi) is 3.77. The molecule has 108 valence electrons. The molecule has 0 amide bonds. The van der Waals surface area contributed by atoms with E-state index in [-0.39, 0.29) is 35.8 Å². The van der Waals surface area contributed by atoms with Crippen LogP contribution in [0.25, 0.3) is 11.1 Å². The molecule has 0 radical (unpaired) electrons. The highest BCUT2D eigenvalue weighted by Gasteiger charge is 2.26. The van der Waals surface area contributed by atoms with Crippen LogP contribution in [0.3, 0.4) is 0 Å². The number of nitro groups is 1. The second-order valence-electron chi connectivity index (χ2n) is 4.05. The van der Waals surface area contributed by atoms with Gasteiger partial charge in [-0.3, -0.25) is 10.1 Å². The van der Waals surface area contributed by atoms with Crippen molar-refractivity contribution < 1.29 is 22.5 Å². The quantitative estimate of drug-likeness (QED) is 0.517. The number of oxazole rings is 1. The minimum atomic E-state index is -4.21. The minimum Gasteiger partial charge on any atom is -0.423 e. The summed E-state index contributed by atoms with van der Waals surface area (Å²) in [6.45, 7) is 0.0140. The van der Waals surface area contributed by atoms with Crippen molar-refractivity contribution in [1.82, 2.24) is 4.98 Å². The molecule has 0 spiro atoms. The van der Waals surface area contributed by atoms with E-state index < -0.39 is 17.5 Å². The summed E-state index contributed by atoms with van der Waals surface area (Å²) in [7, 11) is 0. The van der Waals surface area contributed by atoms with Crippen LogP contribution in [0, 0.1) is 10.1 Å². The Morgan fingerprint density at radius 1 is 1.40 bits per heavy atom. The molecule has 1 aromatic carbocycles. The van der Waals surface area contributed by atoms with E-state index in [1.807, 2.05) is 0 Å². The summed E-state index contributed by atoms with van der Waals surface area (Å²) in [5.74, 6) is 0. The summed E-state index contributed by atoms with van der Waals surface area (Å²) in [6, 6.07) is 4.18. The Morgan fingerprint density at radius 3 is 2.80 bits per heavy atom. The van der Waals surface area contributed by atoms with Crippen molar-refractivity contribution in [3.8, 4) is 0 Å². The number of aromatic nitrogens is 1. The van der Waals surface area contributed by atoms with Gasteiger partial charge >= 0.3 is 6.18 Å². The number of alkyl halides is 3. The first-order valence-electron chi connectivity index (χ1n) is 5.71. The highest BCUT2D eigenvalue weighted by molar-refractivity contribution is 5.83. The summed E-state index contributed by atoms with van der Waals surface area (Å²) in [6.07, 6.45) is -5.26. The molecule has 0 unspecified atom stereocenters. The predicted molar refractivity (Wildman–Crippen MR) is 64.4 cm³/mol. The highest BCUT2D eigenvalue weighted by atomic mass is 19.4. The number of halogens is 3. The van der Waals surface area contributed by atoms with E-state index in [0.29, 0.717) is 0 Å². The Labute approximate surface area is 110 Å². The molecular weight excluding hydrogens is 279 g/mol. The van der Waals surface area contributed by atoms with Gasteiger partial charge in [0.05, 0.1) is 4.92 Å². The maximum absolute atomic E-state index is 11.9. The topological polar surface area (TPSA) is 81.2 Å². The number of fused-ring (bicyclic) bond motifs is 1. The number of para-hydroxylation sites is 1. The fourth-order valence-corrected chi connectivity index (χ4v) is 1.64. The van der Waals surface area contributed by atoms with Crippen LogP contribution in [0.2, 0.25) is 0 Å². The zero-order valence-electron chi connectivity index (χ0n) is 10.1. The maximum atomic E-state index is 11.9. The average Bonchev–Trinajstić information content (AvgIpc) is 2.75. The second-order valence-corrected chi connectivity index (χ2v) is 4.05. The van der Waals surface area contributed by atoms with Crippen LogP contribution in [-0.4, -0.2) is 22.6 Å². The van der Waals surface area contributed by atoms with Gasteiger partial charge in [-0.25, -0.2) is 0 Å². The monoisotopic (exact) mass is 289 g/mol. The molecule has 0 aliphatic heterocycles. The van der Waals surface area contributed by atoms with Gasteiger partial charge < -0.3 is 9.73 Å². The normalized spacial score (nSPS) is 11.8. The number of non-ortho nitro benzene ring substituents is 1. The Hall–Kier alpha value is -2.32. The van der Waals surface area contributed by atoms with E-state index in [9.17, 15) is 23.3 Å². The van der Waals surface area contributed by atoms with E-state index in [4.69, 9.17) is 4.42 Å². The van der Waals surface area contributed by atoms with Crippen molar-refractivity contribution in [2.75, 3.05) is 11.9 Å². The average molecular weight is 289 g/mol. The molecule has 1 heterocycles. The first-order chi connectivity index (χ1) is 9.37. The van der Waals surface area contributed by atoms with Crippen molar-refractivity contribution in [2.45, 2.75) is 19.0 Å². The van der Waals surface area contributed by atoms with Crippen LogP contribution in [0.15, 0.2) is 22.6 Å². The summed E-state index contributed by atoms with van der Waals surface area (Å²) in [5, 5.41) is 13.3. The Balaban J connectivity index is 2.05. The maximum Gasteiger partial charge on any atom is 0.389 e.